The molecule has 0 unspecified atom stereocenters. The van der Waals surface area contributed by atoms with Crippen molar-refractivity contribution in [2.24, 2.45) is 0 Å². The normalized spacial score (nSPS) is 11.7. The van der Waals surface area contributed by atoms with Crippen LogP contribution >= 0.6 is 0 Å². The number of rotatable bonds is 6. The van der Waals surface area contributed by atoms with E-state index >= 15 is 0 Å². The summed E-state index contributed by atoms with van der Waals surface area (Å²) in [6, 6.07) is 78.9. The number of nitrogens with zero attached hydrogens (tertiary/aromatic N) is 2. The van der Waals surface area contributed by atoms with Crippen LogP contribution in [0.3, 0.4) is 0 Å². The van der Waals surface area contributed by atoms with Gasteiger partial charge < -0.3 is 13.9 Å². The van der Waals surface area contributed by atoms with Crippen molar-refractivity contribution in [3.05, 3.63) is 218 Å². The van der Waals surface area contributed by atoms with Crippen LogP contribution < -0.4 is 4.90 Å². The topological polar surface area (TPSA) is 21.3 Å². The largest absolute Gasteiger partial charge is 0.455 e. The van der Waals surface area contributed by atoms with E-state index < -0.39 is 0 Å². The highest BCUT2D eigenvalue weighted by molar-refractivity contribution is 6.17. The molecule has 2 aromatic heterocycles. The van der Waals surface area contributed by atoms with E-state index in [-0.39, 0.29) is 0 Å². The number of furan rings is 1. The molecule has 0 saturated carbocycles. The molecule has 0 spiro atoms. The Labute approximate surface area is 341 Å². The molecule has 0 atom stereocenters. The van der Waals surface area contributed by atoms with Crippen molar-refractivity contribution in [2.75, 3.05) is 4.90 Å². The number of fused-ring (bicyclic) bond motifs is 9. The van der Waals surface area contributed by atoms with E-state index in [2.05, 4.69) is 228 Å². The van der Waals surface area contributed by atoms with Crippen LogP contribution in [0.2, 0.25) is 0 Å². The summed E-state index contributed by atoms with van der Waals surface area (Å²) in [5.41, 5.74) is 13.1. The van der Waals surface area contributed by atoms with E-state index in [1.165, 1.54) is 43.6 Å². The Kier molecular flexibility index (Phi) is 7.54. The SMILES string of the molecule is c1ccc(-c2cc(-c3ccccc3)cc(N(c3ccc4oc5c6ccccc6ccc5c4c3)c3ccc4c5cc6ccccc6cc5n(-c5ccccc5)c4c3)c2)cc1. The molecule has 0 aliphatic rings. The van der Waals surface area contributed by atoms with Gasteiger partial charge in [0, 0.05) is 49.7 Å². The van der Waals surface area contributed by atoms with Crippen molar-refractivity contribution in [2.45, 2.75) is 0 Å². The van der Waals surface area contributed by atoms with E-state index in [0.717, 1.165) is 66.7 Å². The van der Waals surface area contributed by atoms with Gasteiger partial charge in [-0.3, -0.25) is 0 Å². The van der Waals surface area contributed by atoms with Crippen LogP contribution in [-0.2, 0) is 0 Å². The second kappa shape index (κ2) is 13.4. The van der Waals surface area contributed by atoms with Crippen LogP contribution in [0.5, 0.6) is 0 Å². The van der Waals surface area contributed by atoms with E-state index in [1.807, 2.05) is 0 Å². The van der Waals surface area contributed by atoms with Gasteiger partial charge in [-0.2, -0.15) is 0 Å². The zero-order valence-electron chi connectivity index (χ0n) is 32.1. The first-order valence-electron chi connectivity index (χ1n) is 20.2. The molecular weight excluding hydrogens is 717 g/mol. The molecule has 0 N–H and O–H groups in total. The van der Waals surface area contributed by atoms with Crippen molar-refractivity contribution in [3.8, 4) is 27.9 Å². The fraction of sp³-hybridized carbons (Fsp3) is 0. The maximum Gasteiger partial charge on any atom is 0.143 e. The molecule has 0 bridgehead atoms. The summed E-state index contributed by atoms with van der Waals surface area (Å²) in [6.45, 7) is 0. The van der Waals surface area contributed by atoms with Gasteiger partial charge in [0.2, 0.25) is 0 Å². The minimum atomic E-state index is 0.870. The summed E-state index contributed by atoms with van der Waals surface area (Å²) in [4.78, 5) is 2.42. The second-order valence-electron chi connectivity index (χ2n) is 15.4. The lowest BCUT2D eigenvalue weighted by Gasteiger charge is -2.27. The highest BCUT2D eigenvalue weighted by Gasteiger charge is 2.21. The molecule has 12 aromatic rings. The van der Waals surface area contributed by atoms with Gasteiger partial charge in [0.15, 0.2) is 0 Å². The van der Waals surface area contributed by atoms with Crippen LogP contribution in [-0.4, -0.2) is 4.57 Å². The molecular formula is C56H36N2O. The van der Waals surface area contributed by atoms with Crippen molar-refractivity contribution in [3.63, 3.8) is 0 Å². The summed E-state index contributed by atoms with van der Waals surface area (Å²) < 4.78 is 9.06. The van der Waals surface area contributed by atoms with E-state index in [4.69, 9.17) is 4.42 Å². The lowest BCUT2D eigenvalue weighted by molar-refractivity contribution is 0.672. The molecule has 2 heterocycles. The third-order valence-electron chi connectivity index (χ3n) is 11.9. The minimum absolute atomic E-state index is 0.870. The van der Waals surface area contributed by atoms with Gasteiger partial charge in [-0.1, -0.05) is 140 Å². The van der Waals surface area contributed by atoms with Gasteiger partial charge in [0.25, 0.3) is 0 Å². The number of hydrogen-bond acceptors (Lipinski definition) is 2. The third-order valence-corrected chi connectivity index (χ3v) is 11.9. The average Bonchev–Trinajstić information content (AvgIpc) is 3.84. The molecule has 276 valence electrons. The number of para-hydroxylation sites is 1. The molecule has 0 fully saturated rings. The Morgan fingerprint density at radius 2 is 0.898 bits per heavy atom. The summed E-state index contributed by atoms with van der Waals surface area (Å²) in [5, 5.41) is 9.38. The monoisotopic (exact) mass is 752 g/mol. The Morgan fingerprint density at radius 1 is 0.322 bits per heavy atom. The molecule has 0 saturated heterocycles. The molecule has 59 heavy (non-hydrogen) atoms. The first-order valence-corrected chi connectivity index (χ1v) is 20.2. The fourth-order valence-corrected chi connectivity index (χ4v) is 9.10. The maximum absolute atomic E-state index is 6.63. The van der Waals surface area contributed by atoms with E-state index in [1.54, 1.807) is 0 Å². The molecule has 0 radical (unpaired) electrons. The highest BCUT2D eigenvalue weighted by Crippen LogP contribution is 2.45. The van der Waals surface area contributed by atoms with Crippen LogP contribution in [0.4, 0.5) is 17.1 Å². The Morgan fingerprint density at radius 3 is 1.63 bits per heavy atom. The van der Waals surface area contributed by atoms with Crippen LogP contribution in [0.15, 0.2) is 223 Å². The smallest absolute Gasteiger partial charge is 0.143 e. The molecule has 10 aromatic carbocycles. The van der Waals surface area contributed by atoms with Crippen molar-refractivity contribution >= 4 is 82.4 Å². The van der Waals surface area contributed by atoms with Crippen LogP contribution in [0, 0.1) is 0 Å². The lowest BCUT2D eigenvalue weighted by atomic mass is 9.97. The first kappa shape index (κ1) is 33.3. The van der Waals surface area contributed by atoms with Crippen molar-refractivity contribution < 1.29 is 4.42 Å². The first-order chi connectivity index (χ1) is 29.2. The molecule has 3 heteroatoms. The Hall–Kier alpha value is -7.88. The average molecular weight is 753 g/mol. The molecule has 0 aliphatic heterocycles. The summed E-state index contributed by atoms with van der Waals surface area (Å²) in [6.07, 6.45) is 0. The van der Waals surface area contributed by atoms with Gasteiger partial charge in [-0.05, 0) is 117 Å². The standard InChI is InChI=1S/C56H36N2O/c1-4-14-37(15-5-1)42-30-43(38-16-6-2-7-17-38)32-47(31-42)57(45-26-29-55-52(35-45)50-27-24-39-18-12-13-23-48(39)56(50)59-55)46-25-28-49-51-33-40-19-10-11-20-41(40)34-53(51)58(54(49)36-46)44-21-8-3-9-22-44/h1-36H. The van der Waals surface area contributed by atoms with Gasteiger partial charge in [-0.15, -0.1) is 0 Å². The zero-order valence-corrected chi connectivity index (χ0v) is 32.1. The number of benzene rings is 10. The van der Waals surface area contributed by atoms with Crippen molar-refractivity contribution in [1.29, 1.82) is 0 Å². The van der Waals surface area contributed by atoms with Crippen molar-refractivity contribution in [1.82, 2.24) is 4.57 Å². The molecule has 0 aliphatic carbocycles. The third kappa shape index (κ3) is 5.51. The summed E-state index contributed by atoms with van der Waals surface area (Å²) in [7, 11) is 0. The van der Waals surface area contributed by atoms with Gasteiger partial charge in [0.05, 0.1) is 11.0 Å². The highest BCUT2D eigenvalue weighted by atomic mass is 16.3. The van der Waals surface area contributed by atoms with Crippen LogP contribution in [0.1, 0.15) is 0 Å². The van der Waals surface area contributed by atoms with Gasteiger partial charge in [0.1, 0.15) is 11.2 Å². The lowest BCUT2D eigenvalue weighted by Crippen LogP contribution is -2.10. The molecule has 0 amide bonds. The van der Waals surface area contributed by atoms with Gasteiger partial charge in [-0.25, -0.2) is 0 Å². The van der Waals surface area contributed by atoms with E-state index in [9.17, 15) is 0 Å². The number of anilines is 3. The quantitative estimate of drug-likeness (QED) is 0.169. The summed E-state index contributed by atoms with van der Waals surface area (Å²) >= 11 is 0. The number of aromatic nitrogens is 1. The Bertz CT molecular complexity index is 3490. The molecule has 3 nitrogen and oxygen atoms in total. The predicted octanol–water partition coefficient (Wildman–Crippen LogP) is 15.8. The fourth-order valence-electron chi connectivity index (χ4n) is 9.10. The number of hydrogen-bond donors (Lipinski definition) is 0. The summed E-state index contributed by atoms with van der Waals surface area (Å²) in [5.74, 6) is 0. The maximum atomic E-state index is 6.63. The Balaban J connectivity index is 1.15. The zero-order chi connectivity index (χ0) is 38.9. The van der Waals surface area contributed by atoms with Crippen LogP contribution in [0.25, 0.3) is 93.2 Å². The van der Waals surface area contributed by atoms with Gasteiger partial charge >= 0.3 is 0 Å². The predicted molar refractivity (Wildman–Crippen MR) is 249 cm³/mol. The van der Waals surface area contributed by atoms with E-state index in [0.29, 0.717) is 0 Å². The minimum Gasteiger partial charge on any atom is -0.455 e. The molecule has 12 rings (SSSR count). The second-order valence-corrected chi connectivity index (χ2v) is 15.4.